The summed E-state index contributed by atoms with van der Waals surface area (Å²) in [5, 5.41) is 3.20. The Kier molecular flexibility index (Phi) is 5.88. The molecule has 5 heteroatoms. The third-order valence-corrected chi connectivity index (χ3v) is 4.41. The Bertz CT molecular complexity index is 567. The molecule has 134 valence electrons. The van der Waals surface area contributed by atoms with Crippen molar-refractivity contribution in [2.45, 2.75) is 59.3 Å². The maximum Gasteiger partial charge on any atom is 0.193 e. The van der Waals surface area contributed by atoms with E-state index in [1.165, 1.54) is 11.1 Å². The zero-order valence-electron chi connectivity index (χ0n) is 15.9. The van der Waals surface area contributed by atoms with Crippen molar-refractivity contribution in [2.24, 2.45) is 10.7 Å². The Labute approximate surface area is 146 Å². The first-order valence-corrected chi connectivity index (χ1v) is 8.71. The van der Waals surface area contributed by atoms with Gasteiger partial charge in [0.05, 0.1) is 18.8 Å². The molecule has 0 amide bonds. The average molecular weight is 332 g/mol. The van der Waals surface area contributed by atoms with Crippen molar-refractivity contribution in [3.05, 3.63) is 29.3 Å². The summed E-state index contributed by atoms with van der Waals surface area (Å²) in [4.78, 5) is 7.02. The number of aryl methyl sites for hydroxylation is 2. The maximum atomic E-state index is 6.09. The predicted octanol–water partition coefficient (Wildman–Crippen LogP) is 2.92. The molecule has 5 nitrogen and oxygen atoms in total. The molecule has 0 bridgehead atoms. The van der Waals surface area contributed by atoms with Gasteiger partial charge in [-0.15, -0.1) is 0 Å². The standard InChI is InChI=1S/C19H32N4O/c1-13-7-14(2)9-17(8-13)22-18(20)21-12-19(5,6)23-10-15(3)24-16(4)11-23/h7-9,15-16H,10-12H2,1-6H3,(H3,20,21,22). The number of nitrogens with two attached hydrogens (primary N) is 1. The third kappa shape index (κ3) is 5.21. The fourth-order valence-electron chi connectivity index (χ4n) is 3.29. The van der Waals surface area contributed by atoms with Crippen LogP contribution in [0.5, 0.6) is 0 Å². The molecule has 24 heavy (non-hydrogen) atoms. The van der Waals surface area contributed by atoms with Gasteiger partial charge in [0, 0.05) is 24.3 Å². The first-order chi connectivity index (χ1) is 11.2. The number of anilines is 1. The summed E-state index contributed by atoms with van der Waals surface area (Å²) in [6, 6.07) is 6.29. The van der Waals surface area contributed by atoms with Crippen molar-refractivity contribution < 1.29 is 4.74 Å². The molecule has 0 aliphatic carbocycles. The van der Waals surface area contributed by atoms with Crippen LogP contribution in [0, 0.1) is 13.8 Å². The number of hydrogen-bond acceptors (Lipinski definition) is 3. The van der Waals surface area contributed by atoms with Gasteiger partial charge in [-0.25, -0.2) is 0 Å². The van der Waals surface area contributed by atoms with E-state index < -0.39 is 0 Å². The van der Waals surface area contributed by atoms with Crippen LogP contribution < -0.4 is 11.1 Å². The van der Waals surface area contributed by atoms with E-state index in [0.29, 0.717) is 12.5 Å². The molecule has 1 saturated heterocycles. The van der Waals surface area contributed by atoms with Crippen LogP contribution in [0.2, 0.25) is 0 Å². The molecular formula is C19H32N4O. The lowest BCUT2D eigenvalue weighted by Crippen LogP contribution is -2.56. The first-order valence-electron chi connectivity index (χ1n) is 8.71. The summed E-state index contributed by atoms with van der Waals surface area (Å²) in [7, 11) is 0. The molecule has 0 radical (unpaired) electrons. The second kappa shape index (κ2) is 7.53. The van der Waals surface area contributed by atoms with E-state index in [-0.39, 0.29) is 17.7 Å². The summed E-state index contributed by atoms with van der Waals surface area (Å²) >= 11 is 0. The van der Waals surface area contributed by atoms with Gasteiger partial charge < -0.3 is 15.8 Å². The number of hydrogen-bond donors (Lipinski definition) is 2. The van der Waals surface area contributed by atoms with Crippen LogP contribution in [0.15, 0.2) is 23.2 Å². The molecule has 1 fully saturated rings. The number of nitrogens with zero attached hydrogens (tertiary/aromatic N) is 2. The molecule has 2 rings (SSSR count). The van der Waals surface area contributed by atoms with Gasteiger partial charge in [0.2, 0.25) is 0 Å². The van der Waals surface area contributed by atoms with Crippen LogP contribution in [0.4, 0.5) is 5.69 Å². The maximum absolute atomic E-state index is 6.09. The van der Waals surface area contributed by atoms with Crippen molar-refractivity contribution >= 4 is 11.6 Å². The molecular weight excluding hydrogens is 300 g/mol. The molecule has 0 saturated carbocycles. The molecule has 0 spiro atoms. The Morgan fingerprint density at radius 1 is 1.21 bits per heavy atom. The van der Waals surface area contributed by atoms with Gasteiger partial charge in [0.25, 0.3) is 0 Å². The number of benzene rings is 1. The molecule has 1 aromatic rings. The summed E-state index contributed by atoms with van der Waals surface area (Å²) < 4.78 is 5.82. The van der Waals surface area contributed by atoms with E-state index in [0.717, 1.165) is 18.8 Å². The molecule has 1 aromatic carbocycles. The normalized spacial score (nSPS) is 23.3. The monoisotopic (exact) mass is 332 g/mol. The summed E-state index contributed by atoms with van der Waals surface area (Å²) in [5.41, 5.74) is 9.44. The van der Waals surface area contributed by atoms with Crippen molar-refractivity contribution in [2.75, 3.05) is 25.0 Å². The summed E-state index contributed by atoms with van der Waals surface area (Å²) in [6.07, 6.45) is 0.505. The molecule has 1 aliphatic rings. The fraction of sp³-hybridized carbons (Fsp3) is 0.632. The number of guanidine groups is 1. The van der Waals surface area contributed by atoms with E-state index in [1.54, 1.807) is 0 Å². The summed E-state index contributed by atoms with van der Waals surface area (Å²) in [5.74, 6) is 0.461. The largest absolute Gasteiger partial charge is 0.373 e. The van der Waals surface area contributed by atoms with Crippen molar-refractivity contribution in [1.82, 2.24) is 4.90 Å². The van der Waals surface area contributed by atoms with Gasteiger partial charge in [0.1, 0.15) is 0 Å². The smallest absolute Gasteiger partial charge is 0.193 e. The van der Waals surface area contributed by atoms with Gasteiger partial charge in [-0.2, -0.15) is 0 Å². The predicted molar refractivity (Wildman–Crippen MR) is 102 cm³/mol. The van der Waals surface area contributed by atoms with E-state index in [4.69, 9.17) is 10.5 Å². The number of rotatable bonds is 4. The minimum Gasteiger partial charge on any atom is -0.373 e. The van der Waals surface area contributed by atoms with Crippen LogP contribution >= 0.6 is 0 Å². The minimum atomic E-state index is -0.0544. The quantitative estimate of drug-likeness (QED) is 0.657. The molecule has 3 N–H and O–H groups in total. The lowest BCUT2D eigenvalue weighted by atomic mass is 10.0. The lowest BCUT2D eigenvalue weighted by molar-refractivity contribution is -0.0939. The third-order valence-electron chi connectivity index (χ3n) is 4.41. The van der Waals surface area contributed by atoms with Crippen LogP contribution in [-0.2, 0) is 4.74 Å². The number of ether oxygens (including phenoxy) is 1. The minimum absolute atomic E-state index is 0.0544. The first kappa shape index (κ1) is 18.7. The van der Waals surface area contributed by atoms with Crippen LogP contribution in [0.3, 0.4) is 0 Å². The van der Waals surface area contributed by atoms with Crippen LogP contribution in [0.25, 0.3) is 0 Å². The van der Waals surface area contributed by atoms with E-state index in [2.05, 4.69) is 75.0 Å². The highest BCUT2D eigenvalue weighted by Gasteiger charge is 2.33. The Morgan fingerprint density at radius 3 is 2.29 bits per heavy atom. The van der Waals surface area contributed by atoms with E-state index in [1.807, 2.05) is 0 Å². The highest BCUT2D eigenvalue weighted by molar-refractivity contribution is 5.92. The molecule has 2 atom stereocenters. The van der Waals surface area contributed by atoms with Crippen molar-refractivity contribution in [3.8, 4) is 0 Å². The SMILES string of the molecule is Cc1cc(C)cc(NC(N)=NCC(C)(C)N2CC(C)OC(C)C2)c1. The Balaban J connectivity index is 1.99. The zero-order chi connectivity index (χ0) is 17.9. The highest BCUT2D eigenvalue weighted by Crippen LogP contribution is 2.21. The van der Waals surface area contributed by atoms with Gasteiger partial charge in [-0.3, -0.25) is 9.89 Å². The zero-order valence-corrected chi connectivity index (χ0v) is 15.9. The highest BCUT2D eigenvalue weighted by atomic mass is 16.5. The Hall–Kier alpha value is -1.59. The number of morpholine rings is 1. The summed E-state index contributed by atoms with van der Waals surface area (Å²) in [6.45, 7) is 15.3. The number of nitrogens with one attached hydrogen (secondary N) is 1. The van der Waals surface area contributed by atoms with Crippen LogP contribution in [0.1, 0.15) is 38.8 Å². The molecule has 0 aromatic heterocycles. The van der Waals surface area contributed by atoms with Gasteiger partial charge in [0.15, 0.2) is 5.96 Å². The van der Waals surface area contributed by atoms with E-state index >= 15 is 0 Å². The molecule has 1 heterocycles. The van der Waals surface area contributed by atoms with Gasteiger partial charge >= 0.3 is 0 Å². The van der Waals surface area contributed by atoms with E-state index in [9.17, 15) is 0 Å². The van der Waals surface area contributed by atoms with Gasteiger partial charge in [-0.1, -0.05) is 6.07 Å². The fourth-order valence-corrected chi connectivity index (χ4v) is 3.29. The number of aliphatic imine (C=N–C) groups is 1. The Morgan fingerprint density at radius 2 is 1.75 bits per heavy atom. The van der Waals surface area contributed by atoms with Crippen LogP contribution in [-0.4, -0.2) is 48.2 Å². The average Bonchev–Trinajstić information content (AvgIpc) is 2.43. The second-order valence-electron chi connectivity index (χ2n) is 7.68. The second-order valence-corrected chi connectivity index (χ2v) is 7.68. The molecule has 2 unspecified atom stereocenters. The van der Waals surface area contributed by atoms with Gasteiger partial charge in [-0.05, 0) is 64.8 Å². The van der Waals surface area contributed by atoms with Crippen molar-refractivity contribution in [1.29, 1.82) is 0 Å². The molecule has 1 aliphatic heterocycles. The lowest BCUT2D eigenvalue weighted by Gasteiger charge is -2.44. The van der Waals surface area contributed by atoms with Crippen molar-refractivity contribution in [3.63, 3.8) is 0 Å². The topological polar surface area (TPSA) is 62.9 Å².